The zero-order valence-corrected chi connectivity index (χ0v) is 12.5. The lowest BCUT2D eigenvalue weighted by Gasteiger charge is -2.02. The number of nitrogens with one attached hydrogen (secondary N) is 1. The molecule has 1 saturated carbocycles. The summed E-state index contributed by atoms with van der Waals surface area (Å²) in [6.07, 6.45) is 4.99. The molecule has 0 spiro atoms. The first-order chi connectivity index (χ1) is 10.7. The van der Waals surface area contributed by atoms with E-state index in [0.29, 0.717) is 12.5 Å². The van der Waals surface area contributed by atoms with Crippen molar-refractivity contribution in [1.82, 2.24) is 10.3 Å². The maximum Gasteiger partial charge on any atom is 0.407 e. The molecule has 3 rings (SSSR count). The van der Waals surface area contributed by atoms with Crippen molar-refractivity contribution in [3.05, 3.63) is 65.7 Å². The summed E-state index contributed by atoms with van der Waals surface area (Å²) in [5.41, 5.74) is 2.04. The average Bonchev–Trinajstić information content (AvgIpc) is 3.39. The molecule has 0 bridgehead atoms. The number of nitrogens with zero attached hydrogens (tertiary/aromatic N) is 1. The number of hydrogen-bond acceptors (Lipinski definition) is 3. The van der Waals surface area contributed by atoms with Crippen molar-refractivity contribution in [2.75, 3.05) is 7.05 Å². The van der Waals surface area contributed by atoms with E-state index in [2.05, 4.69) is 10.3 Å². The van der Waals surface area contributed by atoms with Crippen molar-refractivity contribution in [2.45, 2.75) is 25.4 Å². The van der Waals surface area contributed by atoms with Gasteiger partial charge in [0, 0.05) is 13.2 Å². The summed E-state index contributed by atoms with van der Waals surface area (Å²) in [6, 6.07) is 11.1. The Morgan fingerprint density at radius 3 is 2.64 bits per heavy atom. The van der Waals surface area contributed by atoms with E-state index in [1.807, 2.05) is 30.3 Å². The first-order valence-electron chi connectivity index (χ1n) is 7.18. The lowest BCUT2D eigenvalue weighted by atomic mass is 10.2. The van der Waals surface area contributed by atoms with Crippen LogP contribution in [0.4, 0.5) is 9.18 Å². The molecular weight excluding hydrogens is 283 g/mol. The van der Waals surface area contributed by atoms with Crippen LogP contribution in [0.2, 0.25) is 0 Å². The Bertz CT molecular complexity index is 601. The average molecular weight is 302 g/mol. The standard InChI is InChI=1S/C9H11NO2.C8H8FN/c1-10-9(11)12-7-8-5-3-2-4-6-8;9-8-3-7(4-10-5-8)6-1-2-6/h2-6H,7H2,1H3,(H,10,11);3-6H,1-2H2. The zero-order chi connectivity index (χ0) is 15.8. The largest absolute Gasteiger partial charge is 0.445 e. The highest BCUT2D eigenvalue weighted by atomic mass is 19.1. The van der Waals surface area contributed by atoms with Crippen molar-refractivity contribution in [1.29, 1.82) is 0 Å². The van der Waals surface area contributed by atoms with Gasteiger partial charge >= 0.3 is 6.09 Å². The third-order valence-electron chi connectivity index (χ3n) is 3.19. The van der Waals surface area contributed by atoms with Gasteiger partial charge in [0.05, 0.1) is 6.20 Å². The van der Waals surface area contributed by atoms with Crippen molar-refractivity contribution < 1.29 is 13.9 Å². The van der Waals surface area contributed by atoms with Gasteiger partial charge in [0.15, 0.2) is 0 Å². The first kappa shape index (κ1) is 15.9. The Kier molecular flexibility index (Phi) is 5.89. The van der Waals surface area contributed by atoms with Gasteiger partial charge in [-0.2, -0.15) is 0 Å². The summed E-state index contributed by atoms with van der Waals surface area (Å²) in [6.45, 7) is 0.320. The van der Waals surface area contributed by atoms with Crippen LogP contribution < -0.4 is 5.32 Å². The van der Waals surface area contributed by atoms with Gasteiger partial charge in [-0.1, -0.05) is 30.3 Å². The number of aromatic nitrogens is 1. The number of carbonyl (C=O) groups is 1. The molecule has 2 aromatic rings. The summed E-state index contributed by atoms with van der Waals surface area (Å²) in [5.74, 6) is 0.382. The monoisotopic (exact) mass is 302 g/mol. The molecule has 0 aliphatic heterocycles. The Balaban J connectivity index is 0.000000162. The molecule has 1 aromatic heterocycles. The number of alkyl carbamates (subject to hydrolysis) is 1. The van der Waals surface area contributed by atoms with Crippen LogP contribution in [0.25, 0.3) is 0 Å². The zero-order valence-electron chi connectivity index (χ0n) is 12.5. The summed E-state index contributed by atoms with van der Waals surface area (Å²) in [5, 5.41) is 2.37. The van der Waals surface area contributed by atoms with E-state index in [4.69, 9.17) is 4.74 Å². The van der Waals surface area contributed by atoms with E-state index in [1.54, 1.807) is 12.3 Å². The molecule has 0 saturated heterocycles. The van der Waals surface area contributed by atoms with Crippen molar-refractivity contribution in [2.24, 2.45) is 0 Å². The van der Waals surface area contributed by atoms with Crippen molar-refractivity contribution >= 4 is 6.09 Å². The third-order valence-corrected chi connectivity index (χ3v) is 3.19. The minimum Gasteiger partial charge on any atom is -0.445 e. The molecule has 1 N–H and O–H groups in total. The van der Waals surface area contributed by atoms with Crippen LogP contribution in [0.5, 0.6) is 0 Å². The molecule has 1 aliphatic rings. The molecule has 0 radical (unpaired) electrons. The summed E-state index contributed by atoms with van der Waals surface area (Å²) >= 11 is 0. The van der Waals surface area contributed by atoms with Gasteiger partial charge in [0.1, 0.15) is 12.4 Å². The minimum atomic E-state index is -0.404. The quantitative estimate of drug-likeness (QED) is 0.941. The fraction of sp³-hybridized carbons (Fsp3) is 0.294. The van der Waals surface area contributed by atoms with Crippen LogP contribution in [0, 0.1) is 5.82 Å². The second-order valence-corrected chi connectivity index (χ2v) is 5.02. The van der Waals surface area contributed by atoms with E-state index < -0.39 is 6.09 Å². The van der Waals surface area contributed by atoms with Crippen LogP contribution in [-0.2, 0) is 11.3 Å². The number of ether oxygens (including phenoxy) is 1. The molecule has 4 nitrogen and oxygen atoms in total. The summed E-state index contributed by atoms with van der Waals surface area (Å²) in [7, 11) is 1.54. The fourth-order valence-electron chi connectivity index (χ4n) is 1.86. The molecular formula is C17H19FN2O2. The van der Waals surface area contributed by atoms with Crippen molar-refractivity contribution in [3.8, 4) is 0 Å². The highest BCUT2D eigenvalue weighted by Gasteiger charge is 2.23. The van der Waals surface area contributed by atoms with Crippen molar-refractivity contribution in [3.63, 3.8) is 0 Å². The predicted molar refractivity (Wildman–Crippen MR) is 81.9 cm³/mol. The topological polar surface area (TPSA) is 51.2 Å². The number of amides is 1. The van der Waals surface area contributed by atoms with E-state index in [9.17, 15) is 9.18 Å². The van der Waals surface area contributed by atoms with Gasteiger partial charge in [-0.3, -0.25) is 4.98 Å². The van der Waals surface area contributed by atoms with E-state index in [-0.39, 0.29) is 5.82 Å². The first-order valence-corrected chi connectivity index (χ1v) is 7.18. The normalized spacial score (nSPS) is 12.8. The van der Waals surface area contributed by atoms with Gasteiger partial charge in [-0.05, 0) is 36.0 Å². The van der Waals surface area contributed by atoms with Crippen LogP contribution in [0.15, 0.2) is 48.8 Å². The minimum absolute atomic E-state index is 0.218. The Morgan fingerprint density at radius 2 is 2.05 bits per heavy atom. The van der Waals surface area contributed by atoms with Crippen LogP contribution in [0.3, 0.4) is 0 Å². The fourth-order valence-corrected chi connectivity index (χ4v) is 1.86. The number of rotatable bonds is 3. The highest BCUT2D eigenvalue weighted by Crippen LogP contribution is 2.39. The van der Waals surface area contributed by atoms with Gasteiger partial charge < -0.3 is 10.1 Å². The van der Waals surface area contributed by atoms with Crippen LogP contribution in [0.1, 0.15) is 29.9 Å². The van der Waals surface area contributed by atoms with E-state index in [1.165, 1.54) is 26.1 Å². The molecule has 1 aliphatic carbocycles. The number of benzene rings is 1. The van der Waals surface area contributed by atoms with Crippen LogP contribution in [-0.4, -0.2) is 18.1 Å². The molecule has 1 heterocycles. The number of pyridine rings is 1. The Labute approximate surface area is 129 Å². The maximum absolute atomic E-state index is 12.5. The summed E-state index contributed by atoms with van der Waals surface area (Å²) < 4.78 is 17.3. The number of carbonyl (C=O) groups excluding carboxylic acids is 1. The van der Waals surface area contributed by atoms with Gasteiger partial charge in [-0.15, -0.1) is 0 Å². The number of hydrogen-bond donors (Lipinski definition) is 1. The SMILES string of the molecule is CNC(=O)OCc1ccccc1.Fc1cncc(C2CC2)c1. The van der Waals surface area contributed by atoms with E-state index >= 15 is 0 Å². The van der Waals surface area contributed by atoms with Crippen LogP contribution >= 0.6 is 0 Å². The van der Waals surface area contributed by atoms with E-state index in [0.717, 1.165) is 11.1 Å². The molecule has 1 amide bonds. The molecule has 1 aromatic carbocycles. The summed E-state index contributed by atoms with van der Waals surface area (Å²) in [4.78, 5) is 14.4. The molecule has 0 atom stereocenters. The number of halogens is 1. The lowest BCUT2D eigenvalue weighted by molar-refractivity contribution is 0.142. The lowest BCUT2D eigenvalue weighted by Crippen LogP contribution is -2.18. The van der Waals surface area contributed by atoms with Gasteiger partial charge in [0.2, 0.25) is 0 Å². The van der Waals surface area contributed by atoms with Gasteiger partial charge in [0.25, 0.3) is 0 Å². The highest BCUT2D eigenvalue weighted by molar-refractivity contribution is 5.66. The Morgan fingerprint density at radius 1 is 1.32 bits per heavy atom. The predicted octanol–water partition coefficient (Wildman–Crippen LogP) is 3.64. The smallest absolute Gasteiger partial charge is 0.407 e. The molecule has 0 unspecified atom stereocenters. The second-order valence-electron chi connectivity index (χ2n) is 5.02. The molecule has 5 heteroatoms. The van der Waals surface area contributed by atoms with Gasteiger partial charge in [-0.25, -0.2) is 9.18 Å². The molecule has 1 fully saturated rings. The third kappa shape index (κ3) is 5.52. The maximum atomic E-state index is 12.5. The molecule has 116 valence electrons. The molecule has 22 heavy (non-hydrogen) atoms. The second kappa shape index (κ2) is 8.12. The Hall–Kier alpha value is -2.43.